The number of thiocarbonyl (C=S) groups is 1. The monoisotopic (exact) mass is 423 g/mol. The Morgan fingerprint density at radius 2 is 2.07 bits per heavy atom. The highest BCUT2D eigenvalue weighted by Crippen LogP contribution is 2.26. The molecule has 1 atom stereocenters. The molecule has 0 bridgehead atoms. The Morgan fingerprint density at radius 3 is 2.75 bits per heavy atom. The predicted octanol–water partition coefficient (Wildman–Crippen LogP) is 5.00. The average Bonchev–Trinajstić information content (AvgIpc) is 2.70. The zero-order valence-corrected chi connectivity index (χ0v) is 18.6. The third kappa shape index (κ3) is 6.02. The van der Waals surface area contributed by atoms with Gasteiger partial charge < -0.3 is 9.64 Å². The smallest absolute Gasteiger partial charge is 0.291 e. The van der Waals surface area contributed by atoms with Crippen LogP contribution in [-0.4, -0.2) is 40.8 Å². The van der Waals surface area contributed by atoms with E-state index in [9.17, 15) is 9.59 Å². The van der Waals surface area contributed by atoms with Crippen LogP contribution in [0.3, 0.4) is 0 Å². The van der Waals surface area contributed by atoms with Crippen molar-refractivity contribution in [2.24, 2.45) is 5.41 Å². The lowest BCUT2D eigenvalue weighted by atomic mass is 9.84. The molecular weight excluding hydrogens is 394 g/mol. The van der Waals surface area contributed by atoms with Crippen molar-refractivity contribution >= 4 is 40.6 Å². The maximum atomic E-state index is 12.8. The van der Waals surface area contributed by atoms with E-state index in [0.717, 1.165) is 42.7 Å². The summed E-state index contributed by atoms with van der Waals surface area (Å²) in [5, 5.41) is 1.14. The fourth-order valence-corrected chi connectivity index (χ4v) is 3.78. The first-order valence-corrected chi connectivity index (χ1v) is 10.8. The van der Waals surface area contributed by atoms with Gasteiger partial charge >= 0.3 is 0 Å². The van der Waals surface area contributed by atoms with Crippen LogP contribution in [0.15, 0.2) is 24.3 Å². The van der Waals surface area contributed by atoms with Gasteiger partial charge in [0, 0.05) is 17.0 Å². The SMILES string of the molecule is CCC(C)(C)C(=O)C(=O)N1CCCCC1C(=S)OCCCc1cccc(Cl)c1. The van der Waals surface area contributed by atoms with Crippen molar-refractivity contribution in [3.8, 4) is 0 Å². The van der Waals surface area contributed by atoms with Gasteiger partial charge in [-0.05, 0) is 68.4 Å². The number of ether oxygens (including phenoxy) is 1. The second-order valence-electron chi connectivity index (χ2n) is 7.98. The van der Waals surface area contributed by atoms with Crippen molar-refractivity contribution in [2.75, 3.05) is 13.2 Å². The fraction of sp³-hybridized carbons (Fsp3) is 0.591. The minimum Gasteiger partial charge on any atom is -0.485 e. The minimum atomic E-state index is -0.654. The average molecular weight is 424 g/mol. The maximum Gasteiger partial charge on any atom is 0.291 e. The van der Waals surface area contributed by atoms with E-state index < -0.39 is 11.3 Å². The van der Waals surface area contributed by atoms with Gasteiger partial charge in [0.25, 0.3) is 5.91 Å². The van der Waals surface area contributed by atoms with Crippen LogP contribution >= 0.6 is 23.8 Å². The quantitative estimate of drug-likeness (QED) is 0.335. The van der Waals surface area contributed by atoms with E-state index in [1.165, 1.54) is 0 Å². The predicted molar refractivity (Wildman–Crippen MR) is 117 cm³/mol. The van der Waals surface area contributed by atoms with Gasteiger partial charge in [0.1, 0.15) is 6.04 Å². The Labute approximate surface area is 178 Å². The molecule has 1 aliphatic rings. The van der Waals surface area contributed by atoms with Gasteiger partial charge in [0.15, 0.2) is 5.05 Å². The number of amides is 1. The molecule has 1 aliphatic heterocycles. The van der Waals surface area contributed by atoms with Gasteiger partial charge in [-0.1, -0.05) is 44.5 Å². The molecule has 1 heterocycles. The number of Topliss-reactive ketones (excluding diaryl/α,β-unsaturated/α-hetero) is 1. The van der Waals surface area contributed by atoms with Gasteiger partial charge in [-0.15, -0.1) is 0 Å². The van der Waals surface area contributed by atoms with E-state index in [1.54, 1.807) is 4.90 Å². The topological polar surface area (TPSA) is 46.6 Å². The zero-order chi connectivity index (χ0) is 20.7. The van der Waals surface area contributed by atoms with Crippen molar-refractivity contribution < 1.29 is 14.3 Å². The summed E-state index contributed by atoms with van der Waals surface area (Å²) in [5.74, 6) is -0.771. The number of piperidine rings is 1. The van der Waals surface area contributed by atoms with E-state index >= 15 is 0 Å². The molecule has 1 fully saturated rings. The Hall–Kier alpha value is -1.46. The third-order valence-electron chi connectivity index (χ3n) is 5.47. The summed E-state index contributed by atoms with van der Waals surface area (Å²) in [6.45, 7) is 6.60. The Bertz CT molecular complexity index is 719. The molecule has 6 heteroatoms. The first-order valence-electron chi connectivity index (χ1n) is 10.0. The molecule has 1 aromatic carbocycles. The largest absolute Gasteiger partial charge is 0.485 e. The van der Waals surface area contributed by atoms with Gasteiger partial charge in [0.05, 0.1) is 6.61 Å². The van der Waals surface area contributed by atoms with Crippen LogP contribution in [-0.2, 0) is 20.7 Å². The number of carbonyl (C=O) groups is 2. The Balaban J connectivity index is 1.90. The number of halogens is 1. The molecular formula is C22H30ClNO3S. The molecule has 1 amide bonds. The van der Waals surface area contributed by atoms with Crippen molar-refractivity contribution in [1.82, 2.24) is 4.90 Å². The van der Waals surface area contributed by atoms with Crippen LogP contribution in [0.4, 0.5) is 0 Å². The van der Waals surface area contributed by atoms with Gasteiger partial charge in [-0.25, -0.2) is 0 Å². The van der Waals surface area contributed by atoms with E-state index in [2.05, 4.69) is 0 Å². The van der Waals surface area contributed by atoms with Crippen LogP contribution in [0.25, 0.3) is 0 Å². The van der Waals surface area contributed by atoms with E-state index in [4.69, 9.17) is 28.6 Å². The number of aryl methyl sites for hydroxylation is 1. The molecule has 0 radical (unpaired) electrons. The number of rotatable bonds is 8. The first kappa shape index (κ1) is 22.8. The number of likely N-dealkylation sites (tertiary alicyclic amines) is 1. The highest BCUT2D eigenvalue weighted by molar-refractivity contribution is 7.80. The van der Waals surface area contributed by atoms with Gasteiger partial charge in [0.2, 0.25) is 5.78 Å². The molecule has 154 valence electrons. The van der Waals surface area contributed by atoms with Crippen molar-refractivity contribution in [1.29, 1.82) is 0 Å². The normalized spacial score (nSPS) is 17.3. The summed E-state index contributed by atoms with van der Waals surface area (Å²) in [5.41, 5.74) is 0.502. The van der Waals surface area contributed by atoms with E-state index in [-0.39, 0.29) is 11.8 Å². The minimum absolute atomic E-state index is 0.293. The van der Waals surface area contributed by atoms with Crippen LogP contribution < -0.4 is 0 Å². The zero-order valence-electron chi connectivity index (χ0n) is 17.0. The Kier molecular flexibility index (Phi) is 8.44. The van der Waals surface area contributed by atoms with E-state index in [1.807, 2.05) is 45.0 Å². The molecule has 0 spiro atoms. The lowest BCUT2D eigenvalue weighted by Gasteiger charge is -2.36. The van der Waals surface area contributed by atoms with Crippen molar-refractivity contribution in [3.63, 3.8) is 0 Å². The molecule has 28 heavy (non-hydrogen) atoms. The fourth-order valence-electron chi connectivity index (χ4n) is 3.24. The van der Waals surface area contributed by atoms with Crippen LogP contribution in [0.1, 0.15) is 58.4 Å². The second kappa shape index (κ2) is 10.4. The van der Waals surface area contributed by atoms with Crippen LogP contribution in [0.5, 0.6) is 0 Å². The Morgan fingerprint density at radius 1 is 1.32 bits per heavy atom. The highest BCUT2D eigenvalue weighted by atomic mass is 35.5. The number of hydrogen-bond acceptors (Lipinski definition) is 4. The highest BCUT2D eigenvalue weighted by Gasteiger charge is 2.39. The molecule has 1 unspecified atom stereocenters. The molecule has 1 saturated heterocycles. The summed E-state index contributed by atoms with van der Waals surface area (Å²) >= 11 is 11.5. The number of benzene rings is 1. The number of hydrogen-bond donors (Lipinski definition) is 0. The molecule has 4 nitrogen and oxygen atoms in total. The standard InChI is InChI=1S/C22H30ClNO3S/c1-4-22(2,3)19(25)20(26)24-13-6-5-12-18(24)21(28)27-14-8-10-16-9-7-11-17(23)15-16/h7,9,11,15,18H,4-6,8,10,12-14H2,1-3H3. The van der Waals surface area contributed by atoms with Crippen molar-refractivity contribution in [3.05, 3.63) is 34.9 Å². The van der Waals surface area contributed by atoms with Crippen molar-refractivity contribution in [2.45, 2.75) is 65.3 Å². The van der Waals surface area contributed by atoms with E-state index in [0.29, 0.717) is 24.6 Å². The maximum absolute atomic E-state index is 12.8. The third-order valence-corrected chi connectivity index (χ3v) is 6.10. The second-order valence-corrected chi connectivity index (χ2v) is 8.82. The summed E-state index contributed by atoms with van der Waals surface area (Å²) in [6, 6.07) is 7.48. The molecule has 0 aliphatic carbocycles. The lowest BCUT2D eigenvalue weighted by molar-refractivity contribution is -0.150. The molecule has 1 aromatic rings. The molecule has 0 saturated carbocycles. The summed E-state index contributed by atoms with van der Waals surface area (Å²) in [7, 11) is 0. The summed E-state index contributed by atoms with van der Waals surface area (Å²) in [4.78, 5) is 27.1. The number of ketones is 1. The van der Waals surface area contributed by atoms with Crippen LogP contribution in [0, 0.1) is 5.41 Å². The molecule has 0 N–H and O–H groups in total. The first-order chi connectivity index (χ1) is 13.3. The number of nitrogens with zero attached hydrogens (tertiary/aromatic N) is 1. The lowest BCUT2D eigenvalue weighted by Crippen LogP contribution is -2.52. The molecule has 2 rings (SSSR count). The van der Waals surface area contributed by atoms with Gasteiger partial charge in [-0.3, -0.25) is 9.59 Å². The summed E-state index contributed by atoms with van der Waals surface area (Å²) < 4.78 is 5.80. The number of carbonyl (C=O) groups excluding carboxylic acids is 2. The van der Waals surface area contributed by atoms with Crippen LogP contribution in [0.2, 0.25) is 5.02 Å². The summed E-state index contributed by atoms with van der Waals surface area (Å²) in [6.07, 6.45) is 4.90. The van der Waals surface area contributed by atoms with Gasteiger partial charge in [-0.2, -0.15) is 0 Å². The molecule has 0 aromatic heterocycles.